The molecule has 0 saturated carbocycles. The number of rotatable bonds is 10. The van der Waals surface area contributed by atoms with Crippen LogP contribution in [0, 0.1) is 5.92 Å². The van der Waals surface area contributed by atoms with E-state index in [1.165, 1.54) is 25.7 Å². The van der Waals surface area contributed by atoms with Crippen molar-refractivity contribution >= 4 is 17.3 Å². The highest BCUT2D eigenvalue weighted by atomic mass is 32.1. The zero-order chi connectivity index (χ0) is 14.7. The van der Waals surface area contributed by atoms with Gasteiger partial charge in [0.1, 0.15) is 0 Å². The summed E-state index contributed by atoms with van der Waals surface area (Å²) in [5.41, 5.74) is 0. The molecule has 0 spiro atoms. The highest BCUT2D eigenvalue weighted by Gasteiger charge is 2.11. The fourth-order valence-electron chi connectivity index (χ4n) is 1.90. The summed E-state index contributed by atoms with van der Waals surface area (Å²) >= 11 is 5.52. The Balaban J connectivity index is 4.00. The topological polar surface area (TPSA) is 18.5 Å². The number of thiocarbonyl (C=S) groups is 1. The third kappa shape index (κ3) is 11.2. The van der Waals surface area contributed by atoms with Crippen LogP contribution in [0.3, 0.4) is 0 Å². The molecule has 0 aromatic heterocycles. The van der Waals surface area contributed by atoms with Gasteiger partial charge in [0.05, 0.1) is 0 Å². The third-order valence-electron chi connectivity index (χ3n) is 3.00. The summed E-state index contributed by atoms with van der Waals surface area (Å²) in [4.78, 5) is 4.51. The van der Waals surface area contributed by atoms with E-state index in [-0.39, 0.29) is 0 Å². The molecule has 0 saturated heterocycles. The Hall–Kier alpha value is -0.350. The molecule has 1 N–H and O–H groups in total. The molecule has 0 bridgehead atoms. The van der Waals surface area contributed by atoms with Crippen molar-refractivity contribution < 1.29 is 0 Å². The van der Waals surface area contributed by atoms with Gasteiger partial charge in [0.2, 0.25) is 0 Å². The van der Waals surface area contributed by atoms with Crippen LogP contribution >= 0.6 is 12.2 Å². The van der Waals surface area contributed by atoms with E-state index in [0.717, 1.165) is 31.3 Å². The number of hydrogen-bond donors (Lipinski definition) is 1. The van der Waals surface area contributed by atoms with E-state index in [1.54, 1.807) is 0 Å². The first kappa shape index (κ1) is 18.7. The maximum Gasteiger partial charge on any atom is 0.168 e. The van der Waals surface area contributed by atoms with Crippen LogP contribution in [0.15, 0.2) is 0 Å². The van der Waals surface area contributed by atoms with Crippen molar-refractivity contribution in [1.29, 1.82) is 0 Å². The molecule has 0 aliphatic rings. The van der Waals surface area contributed by atoms with E-state index in [2.05, 4.69) is 50.0 Å². The largest absolute Gasteiger partial charge is 0.363 e. The molecule has 114 valence electrons. The molecule has 0 heterocycles. The van der Waals surface area contributed by atoms with E-state index in [0.29, 0.717) is 5.92 Å². The van der Waals surface area contributed by atoms with Crippen molar-refractivity contribution in [2.45, 2.75) is 46.5 Å². The molecule has 0 atom stereocenters. The maximum atomic E-state index is 5.52. The summed E-state index contributed by atoms with van der Waals surface area (Å²) in [6.45, 7) is 10.8. The highest BCUT2D eigenvalue weighted by molar-refractivity contribution is 7.80. The van der Waals surface area contributed by atoms with Crippen LogP contribution in [-0.2, 0) is 0 Å². The first-order valence-electron chi connectivity index (χ1n) is 7.64. The molecule has 0 aromatic carbocycles. The number of nitrogens with zero attached hydrogens (tertiary/aromatic N) is 2. The molecule has 19 heavy (non-hydrogen) atoms. The third-order valence-corrected chi connectivity index (χ3v) is 3.40. The van der Waals surface area contributed by atoms with Gasteiger partial charge in [-0.25, -0.2) is 0 Å². The van der Waals surface area contributed by atoms with Crippen LogP contribution in [-0.4, -0.2) is 55.2 Å². The van der Waals surface area contributed by atoms with Gasteiger partial charge in [-0.3, -0.25) is 0 Å². The lowest BCUT2D eigenvalue weighted by atomic mass is 10.2. The SMILES string of the molecule is CCCCCCNC(=S)N(CCN(C)C)CC(C)C. The van der Waals surface area contributed by atoms with Gasteiger partial charge < -0.3 is 15.1 Å². The molecular formula is C15H33N3S. The second kappa shape index (κ2) is 11.5. The van der Waals surface area contributed by atoms with E-state index in [9.17, 15) is 0 Å². The molecule has 4 heteroatoms. The van der Waals surface area contributed by atoms with Crippen molar-refractivity contribution in [3.63, 3.8) is 0 Å². The number of likely N-dealkylation sites (N-methyl/N-ethyl adjacent to an activating group) is 1. The van der Waals surface area contributed by atoms with Gasteiger partial charge in [-0.05, 0) is 38.7 Å². The van der Waals surface area contributed by atoms with Crippen molar-refractivity contribution in [2.24, 2.45) is 5.92 Å². The van der Waals surface area contributed by atoms with Gasteiger partial charge in [-0.15, -0.1) is 0 Å². The first-order valence-corrected chi connectivity index (χ1v) is 8.05. The summed E-state index contributed by atoms with van der Waals surface area (Å²) in [7, 11) is 4.21. The standard InChI is InChI=1S/C15H33N3S/c1-6-7-8-9-10-16-15(19)18(13-14(2)3)12-11-17(4)5/h14H,6-13H2,1-5H3,(H,16,19). The van der Waals surface area contributed by atoms with E-state index >= 15 is 0 Å². The molecule has 0 rings (SSSR count). The van der Waals surface area contributed by atoms with Gasteiger partial charge >= 0.3 is 0 Å². The zero-order valence-corrected chi connectivity index (χ0v) is 14.4. The monoisotopic (exact) mass is 287 g/mol. The minimum Gasteiger partial charge on any atom is -0.363 e. The van der Waals surface area contributed by atoms with Gasteiger partial charge in [-0.2, -0.15) is 0 Å². The summed E-state index contributed by atoms with van der Waals surface area (Å²) in [5, 5.41) is 4.33. The fourth-order valence-corrected chi connectivity index (χ4v) is 2.16. The lowest BCUT2D eigenvalue weighted by molar-refractivity contribution is 0.304. The van der Waals surface area contributed by atoms with Crippen LogP contribution in [0.5, 0.6) is 0 Å². The van der Waals surface area contributed by atoms with Crippen molar-refractivity contribution in [3.8, 4) is 0 Å². The van der Waals surface area contributed by atoms with Crippen LogP contribution in [0.4, 0.5) is 0 Å². The molecule has 0 amide bonds. The molecule has 0 radical (unpaired) electrons. The number of hydrogen-bond acceptors (Lipinski definition) is 2. The maximum absolute atomic E-state index is 5.52. The van der Waals surface area contributed by atoms with Gasteiger partial charge in [0.25, 0.3) is 0 Å². The van der Waals surface area contributed by atoms with Crippen molar-refractivity contribution in [2.75, 3.05) is 40.3 Å². The van der Waals surface area contributed by atoms with Gasteiger partial charge in [0, 0.05) is 26.2 Å². The van der Waals surface area contributed by atoms with E-state index < -0.39 is 0 Å². The molecule has 0 aliphatic heterocycles. The summed E-state index contributed by atoms with van der Waals surface area (Å²) in [6.07, 6.45) is 5.13. The Morgan fingerprint density at radius 1 is 1.11 bits per heavy atom. The quantitative estimate of drug-likeness (QED) is 0.492. The second-order valence-electron chi connectivity index (χ2n) is 5.94. The molecule has 3 nitrogen and oxygen atoms in total. The predicted molar refractivity (Wildman–Crippen MR) is 89.7 cm³/mol. The smallest absolute Gasteiger partial charge is 0.168 e. The zero-order valence-electron chi connectivity index (χ0n) is 13.5. The Labute approximate surface area is 125 Å². The average Bonchev–Trinajstić information content (AvgIpc) is 2.33. The minimum atomic E-state index is 0.641. The van der Waals surface area contributed by atoms with Crippen LogP contribution in [0.2, 0.25) is 0 Å². The second-order valence-corrected chi connectivity index (χ2v) is 6.32. The van der Waals surface area contributed by atoms with Crippen LogP contribution < -0.4 is 5.32 Å². The molecule has 0 unspecified atom stereocenters. The lowest BCUT2D eigenvalue weighted by Gasteiger charge is -2.28. The molecule has 0 aromatic rings. The highest BCUT2D eigenvalue weighted by Crippen LogP contribution is 2.01. The van der Waals surface area contributed by atoms with Gasteiger partial charge in [-0.1, -0.05) is 40.0 Å². The van der Waals surface area contributed by atoms with Gasteiger partial charge in [0.15, 0.2) is 5.11 Å². The fraction of sp³-hybridized carbons (Fsp3) is 0.933. The Kier molecular flexibility index (Phi) is 11.3. The van der Waals surface area contributed by atoms with Crippen LogP contribution in [0.1, 0.15) is 46.5 Å². The number of unbranched alkanes of at least 4 members (excludes halogenated alkanes) is 3. The summed E-state index contributed by atoms with van der Waals surface area (Å²) < 4.78 is 0. The Bertz CT molecular complexity index is 229. The van der Waals surface area contributed by atoms with Crippen LogP contribution in [0.25, 0.3) is 0 Å². The average molecular weight is 288 g/mol. The minimum absolute atomic E-state index is 0.641. The van der Waals surface area contributed by atoms with E-state index in [4.69, 9.17) is 12.2 Å². The summed E-state index contributed by atoms with van der Waals surface area (Å²) in [5.74, 6) is 0.641. The summed E-state index contributed by atoms with van der Waals surface area (Å²) in [6, 6.07) is 0. The normalized spacial score (nSPS) is 11.1. The molecule has 0 fully saturated rings. The lowest BCUT2D eigenvalue weighted by Crippen LogP contribution is -2.44. The predicted octanol–water partition coefficient (Wildman–Crippen LogP) is 2.96. The Morgan fingerprint density at radius 2 is 1.79 bits per heavy atom. The van der Waals surface area contributed by atoms with E-state index in [1.807, 2.05) is 0 Å². The molecule has 0 aliphatic carbocycles. The Morgan fingerprint density at radius 3 is 2.32 bits per heavy atom. The van der Waals surface area contributed by atoms with Crippen molar-refractivity contribution in [3.05, 3.63) is 0 Å². The molecular weight excluding hydrogens is 254 g/mol. The van der Waals surface area contributed by atoms with Crippen molar-refractivity contribution in [1.82, 2.24) is 15.1 Å². The number of nitrogens with one attached hydrogen (secondary N) is 1. The first-order chi connectivity index (χ1) is 8.97.